The van der Waals surface area contributed by atoms with Gasteiger partial charge in [-0.3, -0.25) is 0 Å². The zero-order valence-corrected chi connectivity index (χ0v) is 9.34. The maximum absolute atomic E-state index is 11.4. The second-order valence-corrected chi connectivity index (χ2v) is 5.88. The minimum Gasteiger partial charge on any atom is -0.324 e. The third kappa shape index (κ3) is 2.00. The SMILES string of the molecule is Cc1nc(CN)nc2c1CCS(=O)(=O)C2. The zero-order chi connectivity index (χ0) is 11.1. The molecular weight excluding hydrogens is 214 g/mol. The first-order valence-corrected chi connectivity index (χ1v) is 6.60. The van der Waals surface area contributed by atoms with E-state index >= 15 is 0 Å². The molecule has 6 heteroatoms. The van der Waals surface area contributed by atoms with Crippen LogP contribution in [0.3, 0.4) is 0 Å². The number of fused-ring (bicyclic) bond motifs is 1. The van der Waals surface area contributed by atoms with Gasteiger partial charge in [-0.2, -0.15) is 0 Å². The summed E-state index contributed by atoms with van der Waals surface area (Å²) in [7, 11) is -2.97. The fourth-order valence-corrected chi connectivity index (χ4v) is 3.11. The molecule has 1 aliphatic heterocycles. The van der Waals surface area contributed by atoms with Gasteiger partial charge >= 0.3 is 0 Å². The molecular formula is C9H13N3O2S. The molecule has 1 aliphatic rings. The summed E-state index contributed by atoms with van der Waals surface area (Å²) >= 11 is 0. The second-order valence-electron chi connectivity index (χ2n) is 3.70. The molecule has 0 aromatic carbocycles. The van der Waals surface area contributed by atoms with Gasteiger partial charge in [0.05, 0.1) is 23.7 Å². The van der Waals surface area contributed by atoms with E-state index in [0.29, 0.717) is 17.9 Å². The lowest BCUT2D eigenvalue weighted by atomic mass is 10.1. The van der Waals surface area contributed by atoms with Crippen LogP contribution in [-0.4, -0.2) is 24.1 Å². The lowest BCUT2D eigenvalue weighted by Gasteiger charge is -2.17. The fourth-order valence-electron chi connectivity index (χ4n) is 1.79. The van der Waals surface area contributed by atoms with Crippen LogP contribution in [0.2, 0.25) is 0 Å². The lowest BCUT2D eigenvalue weighted by Crippen LogP contribution is -2.23. The summed E-state index contributed by atoms with van der Waals surface area (Å²) in [5.74, 6) is 0.744. The molecule has 5 nitrogen and oxygen atoms in total. The van der Waals surface area contributed by atoms with Crippen LogP contribution in [-0.2, 0) is 28.6 Å². The van der Waals surface area contributed by atoms with Crippen molar-refractivity contribution in [3.05, 3.63) is 22.8 Å². The van der Waals surface area contributed by atoms with Gasteiger partial charge in [0.15, 0.2) is 9.84 Å². The first-order chi connectivity index (χ1) is 7.02. The van der Waals surface area contributed by atoms with Gasteiger partial charge in [0, 0.05) is 5.69 Å². The van der Waals surface area contributed by atoms with Gasteiger partial charge in [-0.25, -0.2) is 18.4 Å². The maximum atomic E-state index is 11.4. The van der Waals surface area contributed by atoms with Crippen LogP contribution in [0, 0.1) is 6.92 Å². The van der Waals surface area contributed by atoms with Crippen molar-refractivity contribution in [1.82, 2.24) is 9.97 Å². The van der Waals surface area contributed by atoms with E-state index in [1.807, 2.05) is 6.92 Å². The van der Waals surface area contributed by atoms with Gasteiger partial charge < -0.3 is 5.73 Å². The fraction of sp³-hybridized carbons (Fsp3) is 0.556. The number of aromatic nitrogens is 2. The van der Waals surface area contributed by atoms with E-state index in [1.165, 1.54) is 0 Å². The minimum atomic E-state index is -2.97. The second kappa shape index (κ2) is 3.53. The normalized spacial score (nSPS) is 18.5. The number of hydrogen-bond acceptors (Lipinski definition) is 5. The quantitative estimate of drug-likeness (QED) is 0.712. The molecule has 0 atom stereocenters. The Morgan fingerprint density at radius 2 is 2.13 bits per heavy atom. The van der Waals surface area contributed by atoms with Gasteiger partial charge in [-0.05, 0) is 18.9 Å². The Bertz CT molecular complexity index is 496. The Hall–Kier alpha value is -1.01. The summed E-state index contributed by atoms with van der Waals surface area (Å²) in [6, 6.07) is 0. The predicted molar refractivity (Wildman–Crippen MR) is 55.9 cm³/mol. The average molecular weight is 227 g/mol. The van der Waals surface area contributed by atoms with Crippen molar-refractivity contribution in [2.45, 2.75) is 25.6 Å². The molecule has 2 heterocycles. The Morgan fingerprint density at radius 1 is 1.40 bits per heavy atom. The summed E-state index contributed by atoms with van der Waals surface area (Å²) in [5.41, 5.74) is 7.91. The molecule has 2 N–H and O–H groups in total. The standard InChI is InChI=1S/C9H13N3O2S/c1-6-7-2-3-15(13,14)5-8(7)12-9(4-10)11-6/h2-5,10H2,1H3. The maximum Gasteiger partial charge on any atom is 0.156 e. The first kappa shape index (κ1) is 10.5. The summed E-state index contributed by atoms with van der Waals surface area (Å²) in [4.78, 5) is 8.39. The molecule has 82 valence electrons. The van der Waals surface area contributed by atoms with Gasteiger partial charge in [-0.1, -0.05) is 0 Å². The monoisotopic (exact) mass is 227 g/mol. The molecule has 2 rings (SSSR count). The van der Waals surface area contributed by atoms with E-state index in [9.17, 15) is 8.42 Å². The highest BCUT2D eigenvalue weighted by atomic mass is 32.2. The molecule has 0 fully saturated rings. The van der Waals surface area contributed by atoms with Crippen LogP contribution in [0.4, 0.5) is 0 Å². The van der Waals surface area contributed by atoms with Crippen molar-refractivity contribution in [2.75, 3.05) is 5.75 Å². The van der Waals surface area contributed by atoms with Crippen LogP contribution >= 0.6 is 0 Å². The molecule has 1 aromatic rings. The molecule has 0 saturated carbocycles. The van der Waals surface area contributed by atoms with Gasteiger partial charge in [0.25, 0.3) is 0 Å². The summed E-state index contributed by atoms with van der Waals surface area (Å²) < 4.78 is 22.9. The van der Waals surface area contributed by atoms with Crippen LogP contribution in [0.25, 0.3) is 0 Å². The van der Waals surface area contributed by atoms with Gasteiger partial charge in [0.2, 0.25) is 0 Å². The summed E-state index contributed by atoms with van der Waals surface area (Å²) in [6.45, 7) is 2.12. The third-order valence-electron chi connectivity index (χ3n) is 2.55. The van der Waals surface area contributed by atoms with Crippen LogP contribution in [0.1, 0.15) is 22.8 Å². The van der Waals surface area contributed by atoms with Crippen molar-refractivity contribution in [3.8, 4) is 0 Å². The topological polar surface area (TPSA) is 85.9 Å². The van der Waals surface area contributed by atoms with Gasteiger partial charge in [0.1, 0.15) is 5.82 Å². The van der Waals surface area contributed by atoms with Crippen LogP contribution in [0.5, 0.6) is 0 Å². The largest absolute Gasteiger partial charge is 0.324 e. The van der Waals surface area contributed by atoms with Crippen LogP contribution < -0.4 is 5.73 Å². The van der Waals surface area contributed by atoms with E-state index in [1.54, 1.807) is 0 Å². The summed E-state index contributed by atoms with van der Waals surface area (Å²) in [6.07, 6.45) is 0.522. The predicted octanol–water partition coefficient (Wildman–Crippen LogP) is -0.285. The first-order valence-electron chi connectivity index (χ1n) is 4.77. The number of hydrogen-bond donors (Lipinski definition) is 1. The van der Waals surface area contributed by atoms with Crippen molar-refractivity contribution in [3.63, 3.8) is 0 Å². The Labute approximate surface area is 88.7 Å². The van der Waals surface area contributed by atoms with Crippen LogP contribution in [0.15, 0.2) is 0 Å². The smallest absolute Gasteiger partial charge is 0.156 e. The van der Waals surface area contributed by atoms with E-state index in [0.717, 1.165) is 11.3 Å². The van der Waals surface area contributed by atoms with Crippen molar-refractivity contribution < 1.29 is 8.42 Å². The van der Waals surface area contributed by atoms with E-state index < -0.39 is 9.84 Å². The summed E-state index contributed by atoms with van der Waals surface area (Å²) in [5, 5.41) is 0. The highest BCUT2D eigenvalue weighted by Gasteiger charge is 2.24. The van der Waals surface area contributed by atoms with Crippen molar-refractivity contribution in [1.29, 1.82) is 0 Å². The molecule has 0 unspecified atom stereocenters. The molecule has 0 radical (unpaired) electrons. The van der Waals surface area contributed by atoms with E-state index in [2.05, 4.69) is 9.97 Å². The van der Waals surface area contributed by atoms with E-state index in [-0.39, 0.29) is 18.1 Å². The molecule has 15 heavy (non-hydrogen) atoms. The molecule has 0 bridgehead atoms. The number of nitrogens with zero attached hydrogens (tertiary/aromatic N) is 2. The number of aryl methyl sites for hydroxylation is 1. The molecule has 0 aliphatic carbocycles. The Morgan fingerprint density at radius 3 is 2.80 bits per heavy atom. The Kier molecular flexibility index (Phi) is 2.47. The van der Waals surface area contributed by atoms with Crippen molar-refractivity contribution >= 4 is 9.84 Å². The molecule has 1 aromatic heterocycles. The zero-order valence-electron chi connectivity index (χ0n) is 8.52. The molecule has 0 amide bonds. The third-order valence-corrected chi connectivity index (χ3v) is 4.09. The van der Waals surface area contributed by atoms with E-state index in [4.69, 9.17) is 5.73 Å². The molecule has 0 saturated heterocycles. The number of sulfone groups is 1. The minimum absolute atomic E-state index is 0.0265. The highest BCUT2D eigenvalue weighted by molar-refractivity contribution is 7.90. The average Bonchev–Trinajstić information content (AvgIpc) is 2.15. The lowest BCUT2D eigenvalue weighted by molar-refractivity contribution is 0.589. The number of nitrogens with two attached hydrogens (primary N) is 1. The highest BCUT2D eigenvalue weighted by Crippen LogP contribution is 2.20. The van der Waals surface area contributed by atoms with Gasteiger partial charge in [-0.15, -0.1) is 0 Å². The molecule has 0 spiro atoms. The number of rotatable bonds is 1. The van der Waals surface area contributed by atoms with Crippen molar-refractivity contribution in [2.24, 2.45) is 5.73 Å². The Balaban J connectivity index is 2.53.